The Morgan fingerprint density at radius 1 is 1.07 bits per heavy atom. The van der Waals surface area contributed by atoms with Crippen molar-refractivity contribution in [3.63, 3.8) is 0 Å². The molecule has 2 N–H and O–H groups in total. The maximum absolute atomic E-state index is 12.3. The number of rotatable bonds is 10. The fourth-order valence-electron chi connectivity index (χ4n) is 2.84. The Hall–Kier alpha value is -2.58. The number of sulfonamides is 1. The highest BCUT2D eigenvalue weighted by atomic mass is 32.2. The molecule has 7 nitrogen and oxygen atoms in total. The Labute approximate surface area is 178 Å². The molecule has 0 aliphatic carbocycles. The Balaban J connectivity index is 1.98. The van der Waals surface area contributed by atoms with Crippen LogP contribution in [-0.4, -0.2) is 34.6 Å². The highest BCUT2D eigenvalue weighted by molar-refractivity contribution is 7.89. The lowest BCUT2D eigenvalue weighted by Crippen LogP contribution is -2.31. The molecule has 0 radical (unpaired) electrons. The van der Waals surface area contributed by atoms with E-state index in [2.05, 4.69) is 10.0 Å². The van der Waals surface area contributed by atoms with E-state index in [0.717, 1.165) is 5.56 Å². The van der Waals surface area contributed by atoms with Crippen LogP contribution in [0.15, 0.2) is 47.4 Å². The Morgan fingerprint density at radius 2 is 1.77 bits per heavy atom. The lowest BCUT2D eigenvalue weighted by molar-refractivity contribution is -0.123. The van der Waals surface area contributed by atoms with Crippen LogP contribution in [0.5, 0.6) is 11.5 Å². The summed E-state index contributed by atoms with van der Waals surface area (Å²) in [5, 5.41) is 2.87. The fourth-order valence-corrected chi connectivity index (χ4v) is 4.14. The van der Waals surface area contributed by atoms with Crippen molar-refractivity contribution in [1.29, 1.82) is 0 Å². The molecule has 0 aromatic heterocycles. The van der Waals surface area contributed by atoms with Gasteiger partial charge in [0, 0.05) is 12.1 Å². The Morgan fingerprint density at radius 3 is 2.40 bits per heavy atom. The van der Waals surface area contributed by atoms with Gasteiger partial charge in [-0.3, -0.25) is 4.79 Å². The predicted octanol–water partition coefficient (Wildman–Crippen LogP) is 3.19. The normalized spacial score (nSPS) is 12.5. The number of carbonyl (C=O) groups excluding carboxylic acids is 1. The van der Waals surface area contributed by atoms with Crippen molar-refractivity contribution in [3.8, 4) is 11.5 Å². The number of methoxy groups -OCH3 is 1. The average molecular weight is 435 g/mol. The van der Waals surface area contributed by atoms with Gasteiger partial charge in [-0.1, -0.05) is 32.0 Å². The number of hydrogen-bond donors (Lipinski definition) is 2. The summed E-state index contributed by atoms with van der Waals surface area (Å²) in [7, 11) is -1.99. The van der Waals surface area contributed by atoms with E-state index < -0.39 is 10.0 Å². The summed E-state index contributed by atoms with van der Waals surface area (Å²) in [5.41, 5.74) is 1.50. The highest BCUT2D eigenvalue weighted by Crippen LogP contribution is 2.25. The summed E-state index contributed by atoms with van der Waals surface area (Å²) in [6, 6.07) is 11.8. The van der Waals surface area contributed by atoms with E-state index in [1.807, 2.05) is 45.0 Å². The van der Waals surface area contributed by atoms with Gasteiger partial charge >= 0.3 is 0 Å². The molecule has 2 aromatic carbocycles. The van der Waals surface area contributed by atoms with Crippen molar-refractivity contribution < 1.29 is 22.7 Å². The molecule has 8 heteroatoms. The molecule has 0 unspecified atom stereocenters. The lowest BCUT2D eigenvalue weighted by Gasteiger charge is -2.18. The zero-order valence-corrected chi connectivity index (χ0v) is 18.9. The minimum Gasteiger partial charge on any atom is -0.496 e. The maximum Gasteiger partial charge on any atom is 0.258 e. The molecule has 1 atom stereocenters. The van der Waals surface area contributed by atoms with E-state index in [4.69, 9.17) is 9.47 Å². The zero-order valence-electron chi connectivity index (χ0n) is 18.1. The van der Waals surface area contributed by atoms with Crippen LogP contribution >= 0.6 is 0 Å². The van der Waals surface area contributed by atoms with Gasteiger partial charge in [-0.2, -0.15) is 0 Å². The third kappa shape index (κ3) is 6.47. The van der Waals surface area contributed by atoms with Gasteiger partial charge in [0.1, 0.15) is 11.5 Å². The molecule has 0 spiro atoms. The number of amides is 1. The molecular weight excluding hydrogens is 404 g/mol. The molecular formula is C22H30N2O5S. The van der Waals surface area contributed by atoms with Crippen LogP contribution in [0.4, 0.5) is 0 Å². The number of para-hydroxylation sites is 1. The van der Waals surface area contributed by atoms with Crippen molar-refractivity contribution in [2.45, 2.75) is 38.6 Å². The van der Waals surface area contributed by atoms with Crippen LogP contribution in [0.3, 0.4) is 0 Å². The minimum atomic E-state index is -3.58. The zero-order chi connectivity index (χ0) is 22.3. The molecule has 0 heterocycles. The van der Waals surface area contributed by atoms with Gasteiger partial charge in [-0.15, -0.1) is 0 Å². The van der Waals surface area contributed by atoms with Crippen molar-refractivity contribution in [1.82, 2.24) is 10.0 Å². The SMILES string of the molecule is COc1ccccc1[C@@H](C)NC(=O)COc1ccc(S(=O)(=O)NCC(C)C)cc1C. The van der Waals surface area contributed by atoms with Gasteiger partial charge in [-0.05, 0) is 49.6 Å². The molecule has 164 valence electrons. The molecule has 2 aromatic rings. The molecule has 0 saturated heterocycles. The molecule has 0 aliphatic rings. The Kier molecular flexibility index (Phi) is 8.25. The molecule has 0 aliphatic heterocycles. The van der Waals surface area contributed by atoms with Gasteiger partial charge in [0.15, 0.2) is 6.61 Å². The Bertz CT molecular complexity index is 973. The number of ether oxygens (including phenoxy) is 2. The topological polar surface area (TPSA) is 93.7 Å². The van der Waals surface area contributed by atoms with Gasteiger partial charge in [0.25, 0.3) is 5.91 Å². The number of hydrogen-bond acceptors (Lipinski definition) is 5. The molecule has 1 amide bonds. The first-order valence-corrected chi connectivity index (χ1v) is 11.3. The molecule has 2 rings (SSSR count). The largest absolute Gasteiger partial charge is 0.496 e. The van der Waals surface area contributed by atoms with Crippen LogP contribution in [0.2, 0.25) is 0 Å². The molecule has 0 saturated carbocycles. The van der Waals surface area contributed by atoms with Crippen LogP contribution in [-0.2, 0) is 14.8 Å². The molecule has 30 heavy (non-hydrogen) atoms. The second-order valence-corrected chi connectivity index (χ2v) is 9.26. The average Bonchev–Trinajstić information content (AvgIpc) is 2.71. The van der Waals surface area contributed by atoms with Gasteiger partial charge in [-0.25, -0.2) is 13.1 Å². The second kappa shape index (κ2) is 10.4. The van der Waals surface area contributed by atoms with Crippen molar-refractivity contribution >= 4 is 15.9 Å². The third-order valence-corrected chi connectivity index (χ3v) is 5.90. The fraction of sp³-hybridized carbons (Fsp3) is 0.409. The van der Waals surface area contributed by atoms with Crippen LogP contribution < -0.4 is 19.5 Å². The summed E-state index contributed by atoms with van der Waals surface area (Å²) < 4.78 is 38.2. The number of nitrogens with one attached hydrogen (secondary N) is 2. The summed E-state index contributed by atoms with van der Waals surface area (Å²) >= 11 is 0. The number of aryl methyl sites for hydroxylation is 1. The lowest BCUT2D eigenvalue weighted by atomic mass is 10.1. The van der Waals surface area contributed by atoms with E-state index in [1.165, 1.54) is 12.1 Å². The van der Waals surface area contributed by atoms with E-state index in [9.17, 15) is 13.2 Å². The second-order valence-electron chi connectivity index (χ2n) is 7.49. The van der Waals surface area contributed by atoms with Crippen LogP contribution in [0.1, 0.15) is 37.9 Å². The molecule has 0 fully saturated rings. The van der Waals surface area contributed by atoms with Gasteiger partial charge in [0.2, 0.25) is 10.0 Å². The summed E-state index contributed by atoms with van der Waals surface area (Å²) in [4.78, 5) is 12.5. The van der Waals surface area contributed by atoms with Gasteiger partial charge in [0.05, 0.1) is 18.0 Å². The van der Waals surface area contributed by atoms with Crippen molar-refractivity contribution in [2.75, 3.05) is 20.3 Å². The van der Waals surface area contributed by atoms with E-state index in [1.54, 1.807) is 20.1 Å². The monoisotopic (exact) mass is 434 g/mol. The van der Waals surface area contributed by atoms with Crippen molar-refractivity contribution in [2.24, 2.45) is 5.92 Å². The smallest absolute Gasteiger partial charge is 0.258 e. The minimum absolute atomic E-state index is 0.169. The predicted molar refractivity (Wildman–Crippen MR) is 116 cm³/mol. The number of carbonyl (C=O) groups is 1. The first-order valence-electron chi connectivity index (χ1n) is 9.79. The first-order chi connectivity index (χ1) is 14.1. The third-order valence-electron chi connectivity index (χ3n) is 4.48. The van der Waals surface area contributed by atoms with E-state index >= 15 is 0 Å². The van der Waals surface area contributed by atoms with Crippen LogP contribution in [0.25, 0.3) is 0 Å². The van der Waals surface area contributed by atoms with E-state index in [0.29, 0.717) is 23.6 Å². The summed E-state index contributed by atoms with van der Waals surface area (Å²) in [5.74, 6) is 1.08. The summed E-state index contributed by atoms with van der Waals surface area (Å²) in [6.07, 6.45) is 0. The van der Waals surface area contributed by atoms with Gasteiger partial charge < -0.3 is 14.8 Å². The first kappa shape index (κ1) is 23.7. The molecule has 0 bridgehead atoms. The summed E-state index contributed by atoms with van der Waals surface area (Å²) in [6.45, 7) is 7.66. The maximum atomic E-state index is 12.3. The quantitative estimate of drug-likeness (QED) is 0.599. The standard InChI is InChI=1S/C22H30N2O5S/c1-15(2)13-23-30(26,27)18-10-11-20(16(3)12-18)29-14-22(25)24-17(4)19-8-6-7-9-21(19)28-5/h6-12,15,17,23H,13-14H2,1-5H3,(H,24,25)/t17-/m1/s1. The van der Waals surface area contributed by atoms with E-state index in [-0.39, 0.29) is 29.4 Å². The van der Waals surface area contributed by atoms with Crippen molar-refractivity contribution in [3.05, 3.63) is 53.6 Å². The highest BCUT2D eigenvalue weighted by Gasteiger charge is 2.17. The number of benzene rings is 2. The van der Waals surface area contributed by atoms with Crippen LogP contribution in [0, 0.1) is 12.8 Å².